The van der Waals surface area contributed by atoms with E-state index in [1.807, 2.05) is 20.8 Å². The fourth-order valence-electron chi connectivity index (χ4n) is 5.45. The number of nitrogens with zero attached hydrogens (tertiary/aromatic N) is 2. The standard InChI is InChI=1S/C29H40N2O3/c1-18(2)34-26(33)17-25-19(3)30-20(4)27(28(25)31-13-11-29(5,6)12-14-31)23-8-7-22-16-24(32)10-9-21(22)15-23/h7-8,15,18,24,32H,9-14,16-17H2,1-6H3. The summed E-state index contributed by atoms with van der Waals surface area (Å²) in [6.07, 6.45) is 4.51. The number of benzene rings is 1. The van der Waals surface area contributed by atoms with Crippen molar-refractivity contribution in [2.24, 2.45) is 5.41 Å². The maximum Gasteiger partial charge on any atom is 0.310 e. The van der Waals surface area contributed by atoms with E-state index in [9.17, 15) is 9.90 Å². The molecule has 5 nitrogen and oxygen atoms in total. The number of fused-ring (bicyclic) bond motifs is 1. The molecular weight excluding hydrogens is 424 g/mol. The first-order valence-electron chi connectivity index (χ1n) is 12.8. The topological polar surface area (TPSA) is 62.7 Å². The Bertz CT molecular complexity index is 1060. The van der Waals surface area contributed by atoms with Crippen LogP contribution in [-0.4, -0.2) is 41.4 Å². The van der Waals surface area contributed by atoms with Gasteiger partial charge in [-0.15, -0.1) is 0 Å². The van der Waals surface area contributed by atoms with Crippen molar-refractivity contribution < 1.29 is 14.6 Å². The molecule has 1 unspecified atom stereocenters. The van der Waals surface area contributed by atoms with Gasteiger partial charge in [0.1, 0.15) is 0 Å². The number of aliphatic hydroxyl groups is 1. The highest BCUT2D eigenvalue weighted by molar-refractivity contribution is 5.87. The number of anilines is 1. The average molecular weight is 465 g/mol. The number of aryl methyl sites for hydroxylation is 3. The predicted octanol–water partition coefficient (Wildman–Crippen LogP) is 5.34. The van der Waals surface area contributed by atoms with E-state index < -0.39 is 0 Å². The molecule has 0 radical (unpaired) electrons. The van der Waals surface area contributed by atoms with Crippen LogP contribution >= 0.6 is 0 Å². The molecule has 2 aliphatic rings. The van der Waals surface area contributed by atoms with Gasteiger partial charge in [0.25, 0.3) is 0 Å². The van der Waals surface area contributed by atoms with E-state index in [-0.39, 0.29) is 24.6 Å². The summed E-state index contributed by atoms with van der Waals surface area (Å²) in [6.45, 7) is 14.5. The summed E-state index contributed by atoms with van der Waals surface area (Å²) < 4.78 is 5.54. The molecule has 2 aromatic rings. The molecule has 1 atom stereocenters. The van der Waals surface area contributed by atoms with Crippen LogP contribution in [0.2, 0.25) is 0 Å². The molecule has 4 rings (SSSR count). The summed E-state index contributed by atoms with van der Waals surface area (Å²) in [5.41, 5.74) is 9.20. The van der Waals surface area contributed by atoms with Crippen molar-refractivity contribution in [2.45, 2.75) is 92.3 Å². The highest BCUT2D eigenvalue weighted by atomic mass is 16.5. The number of aromatic nitrogens is 1. The van der Waals surface area contributed by atoms with Crippen LogP contribution in [-0.2, 0) is 28.8 Å². The smallest absolute Gasteiger partial charge is 0.310 e. The Hall–Kier alpha value is -2.40. The fourth-order valence-corrected chi connectivity index (χ4v) is 5.45. The number of carbonyl (C=O) groups excluding carboxylic acids is 1. The minimum atomic E-state index is -0.244. The third-order valence-corrected chi connectivity index (χ3v) is 7.48. The first kappa shape index (κ1) is 24.7. The normalized spacial score (nSPS) is 19.8. The molecular formula is C29H40N2O3. The van der Waals surface area contributed by atoms with Crippen LogP contribution in [0.4, 0.5) is 5.69 Å². The lowest BCUT2D eigenvalue weighted by Gasteiger charge is -2.40. The van der Waals surface area contributed by atoms with Crippen LogP contribution in [0.3, 0.4) is 0 Å². The molecule has 34 heavy (non-hydrogen) atoms. The molecule has 184 valence electrons. The summed E-state index contributed by atoms with van der Waals surface area (Å²) in [4.78, 5) is 20.2. The molecule has 1 aromatic carbocycles. The van der Waals surface area contributed by atoms with Crippen molar-refractivity contribution in [1.29, 1.82) is 0 Å². The molecule has 2 heterocycles. The average Bonchev–Trinajstić information content (AvgIpc) is 2.75. The van der Waals surface area contributed by atoms with Crippen molar-refractivity contribution in [3.63, 3.8) is 0 Å². The van der Waals surface area contributed by atoms with Crippen LogP contribution in [0.25, 0.3) is 11.1 Å². The third-order valence-electron chi connectivity index (χ3n) is 7.48. The van der Waals surface area contributed by atoms with E-state index in [4.69, 9.17) is 9.72 Å². The molecule has 1 aromatic heterocycles. The van der Waals surface area contributed by atoms with Crippen LogP contribution in [0.1, 0.15) is 75.0 Å². The van der Waals surface area contributed by atoms with Gasteiger partial charge in [0.05, 0.1) is 24.3 Å². The van der Waals surface area contributed by atoms with Crippen molar-refractivity contribution in [1.82, 2.24) is 4.98 Å². The van der Waals surface area contributed by atoms with Crippen molar-refractivity contribution in [3.8, 4) is 11.1 Å². The summed E-state index contributed by atoms with van der Waals surface area (Å²) in [5.74, 6) is -0.201. The van der Waals surface area contributed by atoms with Gasteiger partial charge in [-0.2, -0.15) is 0 Å². The van der Waals surface area contributed by atoms with Gasteiger partial charge in [-0.3, -0.25) is 9.78 Å². The van der Waals surface area contributed by atoms with Gasteiger partial charge in [-0.25, -0.2) is 0 Å². The van der Waals surface area contributed by atoms with Crippen LogP contribution in [0.5, 0.6) is 0 Å². The number of hydrogen-bond acceptors (Lipinski definition) is 5. The summed E-state index contributed by atoms with van der Waals surface area (Å²) in [7, 11) is 0. The SMILES string of the molecule is Cc1nc(C)c(-c2ccc3c(c2)CCC(O)C3)c(N2CCC(C)(C)CC2)c1CC(=O)OC(C)C. The molecule has 0 saturated carbocycles. The monoisotopic (exact) mass is 464 g/mol. The number of hydrogen-bond donors (Lipinski definition) is 1. The first-order valence-corrected chi connectivity index (χ1v) is 12.8. The Labute approximate surface area is 204 Å². The summed E-state index contributed by atoms with van der Waals surface area (Å²) >= 11 is 0. The van der Waals surface area contributed by atoms with E-state index >= 15 is 0 Å². The van der Waals surface area contributed by atoms with Crippen LogP contribution in [0, 0.1) is 19.3 Å². The minimum absolute atomic E-state index is 0.138. The molecule has 0 spiro atoms. The number of esters is 1. The largest absolute Gasteiger partial charge is 0.463 e. The maximum atomic E-state index is 12.8. The summed E-state index contributed by atoms with van der Waals surface area (Å²) in [6, 6.07) is 6.63. The highest BCUT2D eigenvalue weighted by Crippen LogP contribution is 2.42. The van der Waals surface area contributed by atoms with Gasteiger partial charge in [-0.05, 0) is 81.9 Å². The quantitative estimate of drug-likeness (QED) is 0.606. The lowest BCUT2D eigenvalue weighted by molar-refractivity contribution is -0.146. The molecule has 1 aliphatic carbocycles. The Balaban J connectivity index is 1.83. The van der Waals surface area contributed by atoms with Crippen molar-refractivity contribution in [2.75, 3.05) is 18.0 Å². The Morgan fingerprint density at radius 3 is 2.56 bits per heavy atom. The number of ether oxygens (including phenoxy) is 1. The zero-order valence-corrected chi connectivity index (χ0v) is 21.7. The predicted molar refractivity (Wildman–Crippen MR) is 137 cm³/mol. The van der Waals surface area contributed by atoms with Gasteiger partial charge >= 0.3 is 5.97 Å². The van der Waals surface area contributed by atoms with Crippen LogP contribution < -0.4 is 4.90 Å². The van der Waals surface area contributed by atoms with E-state index in [1.165, 1.54) is 11.1 Å². The third kappa shape index (κ3) is 5.30. The van der Waals surface area contributed by atoms with Gasteiger partial charge in [0.15, 0.2) is 0 Å². The number of aliphatic hydroxyl groups excluding tert-OH is 1. The minimum Gasteiger partial charge on any atom is -0.463 e. The van der Waals surface area contributed by atoms with Crippen molar-refractivity contribution >= 4 is 11.7 Å². The van der Waals surface area contributed by atoms with Gasteiger partial charge in [0.2, 0.25) is 0 Å². The number of carbonyl (C=O) groups is 1. The number of rotatable bonds is 5. The van der Waals surface area contributed by atoms with E-state index in [2.05, 4.69) is 43.9 Å². The molecule has 1 aliphatic heterocycles. The van der Waals surface area contributed by atoms with E-state index in [1.54, 1.807) is 0 Å². The molecule has 1 fully saturated rings. The molecule has 1 saturated heterocycles. The van der Waals surface area contributed by atoms with E-state index in [0.29, 0.717) is 5.41 Å². The zero-order valence-electron chi connectivity index (χ0n) is 21.7. The van der Waals surface area contributed by atoms with Gasteiger partial charge in [-0.1, -0.05) is 32.0 Å². The Morgan fingerprint density at radius 1 is 1.18 bits per heavy atom. The molecule has 1 N–H and O–H groups in total. The second-order valence-electron chi connectivity index (χ2n) is 11.2. The lowest BCUT2D eigenvalue weighted by atomic mass is 9.81. The fraction of sp³-hybridized carbons (Fsp3) is 0.586. The van der Waals surface area contributed by atoms with Crippen LogP contribution in [0.15, 0.2) is 18.2 Å². The van der Waals surface area contributed by atoms with Gasteiger partial charge < -0.3 is 14.7 Å². The van der Waals surface area contributed by atoms with E-state index in [0.717, 1.165) is 79.0 Å². The van der Waals surface area contributed by atoms with Gasteiger partial charge in [0, 0.05) is 35.6 Å². The number of piperidine rings is 1. The Morgan fingerprint density at radius 2 is 1.88 bits per heavy atom. The molecule has 0 amide bonds. The summed E-state index contributed by atoms with van der Waals surface area (Å²) in [5, 5.41) is 10.1. The lowest BCUT2D eigenvalue weighted by Crippen LogP contribution is -2.38. The Kier molecular flexibility index (Phi) is 7.04. The van der Waals surface area contributed by atoms with Crippen molar-refractivity contribution in [3.05, 3.63) is 46.3 Å². The highest BCUT2D eigenvalue weighted by Gasteiger charge is 2.31. The second-order valence-corrected chi connectivity index (χ2v) is 11.2. The first-order chi connectivity index (χ1) is 16.0. The number of pyridine rings is 1. The second kappa shape index (κ2) is 9.69. The maximum absolute atomic E-state index is 12.8. The molecule has 5 heteroatoms. The zero-order chi connectivity index (χ0) is 24.6. The molecule has 0 bridgehead atoms.